The Morgan fingerprint density at radius 2 is 1.45 bits per heavy atom. The van der Waals surface area contributed by atoms with Crippen LogP contribution < -0.4 is 5.73 Å². The SMILES string of the molecule is Nc1cccc(-c2ccccc2)c1.c1ccc2[nH]ncc2c1. The first kappa shape index (κ1) is 13.9. The molecule has 22 heavy (non-hydrogen) atoms. The number of hydrogen-bond acceptors (Lipinski definition) is 2. The van der Waals surface area contributed by atoms with Crippen LogP contribution in [0.3, 0.4) is 0 Å². The van der Waals surface area contributed by atoms with Gasteiger partial charge in [-0.3, -0.25) is 5.10 Å². The number of para-hydroxylation sites is 1. The maximum absolute atomic E-state index is 5.70. The fraction of sp³-hybridized carbons (Fsp3) is 0. The molecule has 108 valence electrons. The van der Waals surface area contributed by atoms with Crippen molar-refractivity contribution in [3.8, 4) is 11.1 Å². The highest BCUT2D eigenvalue weighted by atomic mass is 15.1. The van der Waals surface area contributed by atoms with Gasteiger partial charge in [-0.25, -0.2) is 0 Å². The lowest BCUT2D eigenvalue weighted by molar-refractivity contribution is 1.12. The van der Waals surface area contributed by atoms with Crippen molar-refractivity contribution in [2.24, 2.45) is 0 Å². The number of nitrogens with zero attached hydrogens (tertiary/aromatic N) is 1. The van der Waals surface area contributed by atoms with Crippen molar-refractivity contribution in [3.05, 3.63) is 85.1 Å². The van der Waals surface area contributed by atoms with Crippen molar-refractivity contribution in [3.63, 3.8) is 0 Å². The van der Waals surface area contributed by atoms with E-state index in [-0.39, 0.29) is 0 Å². The van der Waals surface area contributed by atoms with Crippen LogP contribution in [0.15, 0.2) is 85.1 Å². The third-order valence-corrected chi connectivity index (χ3v) is 3.34. The van der Waals surface area contributed by atoms with Crippen LogP contribution >= 0.6 is 0 Å². The molecule has 0 unspecified atom stereocenters. The molecule has 4 aromatic rings. The molecule has 0 radical (unpaired) electrons. The Balaban J connectivity index is 0.000000139. The molecule has 0 aliphatic heterocycles. The number of H-pyrrole nitrogens is 1. The van der Waals surface area contributed by atoms with Gasteiger partial charge in [0.05, 0.1) is 11.7 Å². The summed E-state index contributed by atoms with van der Waals surface area (Å²) in [6.07, 6.45) is 1.81. The second kappa shape index (κ2) is 6.59. The van der Waals surface area contributed by atoms with Crippen LogP contribution in [0.5, 0.6) is 0 Å². The zero-order valence-electron chi connectivity index (χ0n) is 12.1. The number of nitrogens with one attached hydrogen (secondary N) is 1. The van der Waals surface area contributed by atoms with Crippen LogP contribution in [-0.2, 0) is 0 Å². The van der Waals surface area contributed by atoms with E-state index in [0.29, 0.717) is 0 Å². The molecule has 0 spiro atoms. The van der Waals surface area contributed by atoms with Gasteiger partial charge in [0.2, 0.25) is 0 Å². The molecule has 0 aliphatic carbocycles. The average Bonchev–Trinajstić information content (AvgIpc) is 3.05. The molecule has 0 fully saturated rings. The van der Waals surface area contributed by atoms with Gasteiger partial charge in [-0.2, -0.15) is 5.10 Å². The number of anilines is 1. The largest absolute Gasteiger partial charge is 0.399 e. The van der Waals surface area contributed by atoms with Crippen LogP contribution in [0.4, 0.5) is 5.69 Å². The van der Waals surface area contributed by atoms with Crippen molar-refractivity contribution in [1.82, 2.24) is 10.2 Å². The molecule has 1 aromatic heterocycles. The Kier molecular flexibility index (Phi) is 4.16. The van der Waals surface area contributed by atoms with E-state index in [1.807, 2.05) is 66.9 Å². The van der Waals surface area contributed by atoms with E-state index in [0.717, 1.165) is 16.6 Å². The van der Waals surface area contributed by atoms with Crippen molar-refractivity contribution in [1.29, 1.82) is 0 Å². The van der Waals surface area contributed by atoms with E-state index in [4.69, 9.17) is 5.73 Å². The highest BCUT2D eigenvalue weighted by Gasteiger charge is 1.95. The number of nitrogens with two attached hydrogens (primary N) is 1. The van der Waals surface area contributed by atoms with Crippen LogP contribution in [0, 0.1) is 0 Å². The van der Waals surface area contributed by atoms with E-state index in [2.05, 4.69) is 28.4 Å². The zero-order valence-corrected chi connectivity index (χ0v) is 12.1. The fourth-order valence-electron chi connectivity index (χ4n) is 2.23. The second-order valence-electron chi connectivity index (χ2n) is 4.95. The molecule has 3 N–H and O–H groups in total. The van der Waals surface area contributed by atoms with Gasteiger partial charge in [0.1, 0.15) is 0 Å². The Morgan fingerprint density at radius 3 is 2.23 bits per heavy atom. The summed E-state index contributed by atoms with van der Waals surface area (Å²) in [7, 11) is 0. The van der Waals surface area contributed by atoms with Crippen LogP contribution in [0.2, 0.25) is 0 Å². The van der Waals surface area contributed by atoms with Gasteiger partial charge in [-0.15, -0.1) is 0 Å². The summed E-state index contributed by atoms with van der Waals surface area (Å²) in [5, 5.41) is 7.91. The van der Waals surface area contributed by atoms with Crippen LogP contribution in [0.25, 0.3) is 22.0 Å². The fourth-order valence-corrected chi connectivity index (χ4v) is 2.23. The van der Waals surface area contributed by atoms with Crippen molar-refractivity contribution in [2.45, 2.75) is 0 Å². The van der Waals surface area contributed by atoms with E-state index < -0.39 is 0 Å². The molecule has 4 rings (SSSR count). The Hall–Kier alpha value is -3.07. The molecule has 0 aliphatic rings. The lowest BCUT2D eigenvalue weighted by atomic mass is 10.1. The van der Waals surface area contributed by atoms with E-state index in [1.54, 1.807) is 0 Å². The molecule has 0 amide bonds. The molecule has 3 heteroatoms. The van der Waals surface area contributed by atoms with Crippen molar-refractivity contribution < 1.29 is 0 Å². The molecule has 0 atom stereocenters. The topological polar surface area (TPSA) is 54.7 Å². The maximum atomic E-state index is 5.70. The minimum atomic E-state index is 0.807. The van der Waals surface area contributed by atoms with Gasteiger partial charge in [0, 0.05) is 11.1 Å². The average molecular weight is 287 g/mol. The third kappa shape index (κ3) is 3.33. The first-order valence-electron chi connectivity index (χ1n) is 7.12. The smallest absolute Gasteiger partial charge is 0.0650 e. The Labute approximate surface area is 129 Å². The highest BCUT2D eigenvalue weighted by molar-refractivity contribution is 5.77. The predicted octanol–water partition coefficient (Wildman–Crippen LogP) is 4.50. The molecule has 0 bridgehead atoms. The summed E-state index contributed by atoms with van der Waals surface area (Å²) in [5.74, 6) is 0. The lowest BCUT2D eigenvalue weighted by Crippen LogP contribution is -1.84. The monoisotopic (exact) mass is 287 g/mol. The molecule has 3 aromatic carbocycles. The van der Waals surface area contributed by atoms with Crippen LogP contribution in [-0.4, -0.2) is 10.2 Å². The number of nitrogen functional groups attached to an aromatic ring is 1. The predicted molar refractivity (Wildman–Crippen MR) is 92.4 cm³/mol. The van der Waals surface area contributed by atoms with Gasteiger partial charge in [0.15, 0.2) is 0 Å². The Bertz CT molecular complexity index is 820. The van der Waals surface area contributed by atoms with Gasteiger partial charge >= 0.3 is 0 Å². The van der Waals surface area contributed by atoms with Gasteiger partial charge in [-0.05, 0) is 29.3 Å². The molecular formula is C19H17N3. The standard InChI is InChI=1S/C12H11N.C7H6N2/c13-12-8-4-7-11(9-12)10-5-2-1-3-6-10;1-2-4-7-6(3-1)5-8-9-7/h1-9H,13H2;1-5H,(H,8,9). The molecule has 0 saturated carbocycles. The van der Waals surface area contributed by atoms with Gasteiger partial charge in [-0.1, -0.05) is 60.7 Å². The Morgan fingerprint density at radius 1 is 0.727 bits per heavy atom. The summed E-state index contributed by atoms with van der Waals surface area (Å²) >= 11 is 0. The number of benzene rings is 3. The van der Waals surface area contributed by atoms with Gasteiger partial charge < -0.3 is 5.73 Å². The number of fused-ring (bicyclic) bond motifs is 1. The molecule has 1 heterocycles. The first-order chi connectivity index (χ1) is 10.8. The number of aromatic nitrogens is 2. The van der Waals surface area contributed by atoms with Gasteiger partial charge in [0.25, 0.3) is 0 Å². The summed E-state index contributed by atoms with van der Waals surface area (Å²) in [4.78, 5) is 0. The van der Waals surface area contributed by atoms with Crippen LogP contribution in [0.1, 0.15) is 0 Å². The lowest BCUT2D eigenvalue weighted by Gasteiger charge is -2.01. The molecule has 3 nitrogen and oxygen atoms in total. The molecule has 0 saturated heterocycles. The minimum Gasteiger partial charge on any atom is -0.399 e. The quantitative estimate of drug-likeness (QED) is 0.506. The number of rotatable bonds is 1. The summed E-state index contributed by atoms with van der Waals surface area (Å²) in [6.45, 7) is 0. The first-order valence-corrected chi connectivity index (χ1v) is 7.12. The second-order valence-corrected chi connectivity index (χ2v) is 4.95. The highest BCUT2D eigenvalue weighted by Crippen LogP contribution is 2.20. The van der Waals surface area contributed by atoms with Crippen molar-refractivity contribution in [2.75, 3.05) is 5.73 Å². The normalized spacial score (nSPS) is 10.0. The number of hydrogen-bond donors (Lipinski definition) is 2. The molecular weight excluding hydrogens is 270 g/mol. The van der Waals surface area contributed by atoms with E-state index >= 15 is 0 Å². The van der Waals surface area contributed by atoms with E-state index in [1.165, 1.54) is 11.1 Å². The minimum absolute atomic E-state index is 0.807. The summed E-state index contributed by atoms with van der Waals surface area (Å²) < 4.78 is 0. The number of aromatic amines is 1. The van der Waals surface area contributed by atoms with Crippen molar-refractivity contribution >= 4 is 16.6 Å². The summed E-state index contributed by atoms with van der Waals surface area (Å²) in [6, 6.07) is 26.1. The van der Waals surface area contributed by atoms with E-state index in [9.17, 15) is 0 Å². The third-order valence-electron chi connectivity index (χ3n) is 3.34. The zero-order chi connectivity index (χ0) is 15.2. The summed E-state index contributed by atoms with van der Waals surface area (Å²) in [5.41, 5.74) is 9.97. The maximum Gasteiger partial charge on any atom is 0.0650 e.